The van der Waals surface area contributed by atoms with Gasteiger partial charge in [-0.3, -0.25) is 14.2 Å². The molecule has 0 spiro atoms. The van der Waals surface area contributed by atoms with E-state index in [9.17, 15) is 18.4 Å². The zero-order valence-corrected chi connectivity index (χ0v) is 18.2. The molecule has 0 saturated heterocycles. The summed E-state index contributed by atoms with van der Waals surface area (Å²) >= 11 is 1.12. The fourth-order valence-electron chi connectivity index (χ4n) is 3.20. The molecule has 0 fully saturated rings. The van der Waals surface area contributed by atoms with Gasteiger partial charge in [0.15, 0.2) is 10.9 Å². The van der Waals surface area contributed by atoms with Gasteiger partial charge in [-0.25, -0.2) is 4.98 Å². The molecular formula is C24H18F2N2O4S. The number of ketones is 1. The molecule has 0 N–H and O–H groups in total. The highest BCUT2D eigenvalue weighted by Gasteiger charge is 2.16. The van der Waals surface area contributed by atoms with Gasteiger partial charge < -0.3 is 9.47 Å². The van der Waals surface area contributed by atoms with Crippen LogP contribution in [0.5, 0.6) is 11.5 Å². The SMILES string of the molecule is COc1ccc(C(=O)CSc2nc3ccccc3c(=O)n2-c2ccc(OC(F)F)cc2)cc1. The number of fused-ring (bicyclic) bond motifs is 1. The fraction of sp³-hybridized carbons (Fsp3) is 0.125. The molecule has 0 amide bonds. The Labute approximate surface area is 191 Å². The van der Waals surface area contributed by atoms with Crippen molar-refractivity contribution in [2.75, 3.05) is 12.9 Å². The Bertz CT molecular complexity index is 1340. The van der Waals surface area contributed by atoms with Gasteiger partial charge in [0.05, 0.1) is 29.5 Å². The van der Waals surface area contributed by atoms with Crippen LogP contribution in [0.2, 0.25) is 0 Å². The van der Waals surface area contributed by atoms with Crippen LogP contribution in [-0.4, -0.2) is 34.8 Å². The summed E-state index contributed by atoms with van der Waals surface area (Å²) in [4.78, 5) is 30.5. The number of rotatable bonds is 8. The van der Waals surface area contributed by atoms with Crippen molar-refractivity contribution in [2.24, 2.45) is 0 Å². The maximum atomic E-state index is 13.3. The minimum atomic E-state index is -2.95. The second-order valence-electron chi connectivity index (χ2n) is 6.86. The molecule has 0 radical (unpaired) electrons. The highest BCUT2D eigenvalue weighted by Crippen LogP contribution is 2.24. The number of alkyl halides is 2. The Morgan fingerprint density at radius 1 is 1.00 bits per heavy atom. The lowest BCUT2D eigenvalue weighted by Crippen LogP contribution is -2.22. The summed E-state index contributed by atoms with van der Waals surface area (Å²) in [6.07, 6.45) is 0. The minimum Gasteiger partial charge on any atom is -0.497 e. The second kappa shape index (κ2) is 9.83. The number of carbonyl (C=O) groups excluding carboxylic acids is 1. The summed E-state index contributed by atoms with van der Waals surface area (Å²) in [5.74, 6) is 0.518. The van der Waals surface area contributed by atoms with E-state index < -0.39 is 6.61 Å². The summed E-state index contributed by atoms with van der Waals surface area (Å²) in [6, 6.07) is 19.3. The summed E-state index contributed by atoms with van der Waals surface area (Å²) in [6.45, 7) is -2.95. The lowest BCUT2D eigenvalue weighted by Gasteiger charge is -2.14. The third kappa shape index (κ3) is 5.04. The van der Waals surface area contributed by atoms with Crippen molar-refractivity contribution in [2.45, 2.75) is 11.8 Å². The molecule has 0 aliphatic heterocycles. The molecule has 0 aliphatic rings. The third-order valence-corrected chi connectivity index (χ3v) is 5.75. The number of ether oxygens (including phenoxy) is 2. The molecule has 1 aromatic heterocycles. The molecule has 0 atom stereocenters. The number of hydrogen-bond acceptors (Lipinski definition) is 6. The maximum absolute atomic E-state index is 13.3. The lowest BCUT2D eigenvalue weighted by molar-refractivity contribution is -0.0498. The van der Waals surface area contributed by atoms with E-state index in [2.05, 4.69) is 9.72 Å². The van der Waals surface area contributed by atoms with Crippen LogP contribution in [0.4, 0.5) is 8.78 Å². The minimum absolute atomic E-state index is 0.0283. The van der Waals surface area contributed by atoms with E-state index in [0.29, 0.717) is 33.1 Å². The van der Waals surface area contributed by atoms with Crippen LogP contribution in [-0.2, 0) is 0 Å². The van der Waals surface area contributed by atoms with E-state index in [1.54, 1.807) is 55.6 Å². The maximum Gasteiger partial charge on any atom is 0.387 e. The van der Waals surface area contributed by atoms with Crippen molar-refractivity contribution in [3.8, 4) is 17.2 Å². The van der Waals surface area contributed by atoms with E-state index in [1.807, 2.05) is 0 Å². The largest absolute Gasteiger partial charge is 0.497 e. The number of halogens is 2. The van der Waals surface area contributed by atoms with Gasteiger partial charge in [-0.1, -0.05) is 23.9 Å². The van der Waals surface area contributed by atoms with Gasteiger partial charge in [-0.05, 0) is 60.7 Å². The van der Waals surface area contributed by atoms with E-state index in [-0.39, 0.29) is 22.8 Å². The summed E-state index contributed by atoms with van der Waals surface area (Å²) in [5.41, 5.74) is 1.09. The van der Waals surface area contributed by atoms with Gasteiger partial charge in [0.2, 0.25) is 0 Å². The molecule has 168 valence electrons. The molecule has 0 aliphatic carbocycles. The van der Waals surface area contributed by atoms with Gasteiger partial charge in [0, 0.05) is 5.56 Å². The average Bonchev–Trinajstić information content (AvgIpc) is 2.83. The number of hydrogen-bond donors (Lipinski definition) is 0. The summed E-state index contributed by atoms with van der Waals surface area (Å²) < 4.78 is 35.8. The number of nitrogens with zero attached hydrogens (tertiary/aromatic N) is 2. The molecule has 0 bridgehead atoms. The molecule has 1 heterocycles. The van der Waals surface area contributed by atoms with E-state index in [1.165, 1.54) is 28.8 Å². The zero-order chi connectivity index (χ0) is 23.4. The normalized spacial score (nSPS) is 11.0. The first-order chi connectivity index (χ1) is 16.0. The molecule has 4 rings (SSSR count). The highest BCUT2D eigenvalue weighted by atomic mass is 32.2. The Hall–Kier alpha value is -3.72. The summed E-state index contributed by atoms with van der Waals surface area (Å²) in [7, 11) is 1.55. The molecule has 3 aromatic carbocycles. The van der Waals surface area contributed by atoms with Crippen molar-refractivity contribution < 1.29 is 23.0 Å². The molecule has 4 aromatic rings. The Kier molecular flexibility index (Phi) is 6.69. The Morgan fingerprint density at radius 2 is 1.67 bits per heavy atom. The standard InChI is InChI=1S/C24H18F2N2O4S/c1-31-17-10-6-15(7-11-17)21(29)14-33-24-27-20-5-3-2-4-19(20)22(30)28(24)16-8-12-18(13-9-16)32-23(25)26/h2-13,23H,14H2,1H3. The Morgan fingerprint density at radius 3 is 2.33 bits per heavy atom. The van der Waals surface area contributed by atoms with Crippen molar-refractivity contribution in [1.82, 2.24) is 9.55 Å². The lowest BCUT2D eigenvalue weighted by atomic mass is 10.1. The second-order valence-corrected chi connectivity index (χ2v) is 7.81. The molecule has 0 unspecified atom stereocenters. The first-order valence-electron chi connectivity index (χ1n) is 9.83. The molecule has 9 heteroatoms. The fourth-order valence-corrected chi connectivity index (χ4v) is 4.11. The predicted octanol–water partition coefficient (Wildman–Crippen LogP) is 4.97. The first kappa shape index (κ1) is 22.5. The average molecular weight is 468 g/mol. The molecule has 0 saturated carbocycles. The zero-order valence-electron chi connectivity index (χ0n) is 17.4. The van der Waals surface area contributed by atoms with Gasteiger partial charge in [0.25, 0.3) is 5.56 Å². The van der Waals surface area contributed by atoms with Gasteiger partial charge in [-0.15, -0.1) is 0 Å². The van der Waals surface area contributed by atoms with E-state index >= 15 is 0 Å². The number of Topliss-reactive ketones (excluding diaryl/α,β-unsaturated/α-hetero) is 1. The smallest absolute Gasteiger partial charge is 0.387 e. The topological polar surface area (TPSA) is 70.4 Å². The molecule has 33 heavy (non-hydrogen) atoms. The van der Waals surface area contributed by atoms with Crippen molar-refractivity contribution in [1.29, 1.82) is 0 Å². The number of methoxy groups -OCH3 is 1. The van der Waals surface area contributed by atoms with Crippen LogP contribution >= 0.6 is 11.8 Å². The number of para-hydroxylation sites is 1. The first-order valence-corrected chi connectivity index (χ1v) is 10.8. The Balaban J connectivity index is 1.69. The molecule has 6 nitrogen and oxygen atoms in total. The number of aromatic nitrogens is 2. The van der Waals surface area contributed by atoms with Gasteiger partial charge >= 0.3 is 6.61 Å². The van der Waals surface area contributed by atoms with Crippen molar-refractivity contribution >= 4 is 28.4 Å². The quantitative estimate of drug-likeness (QED) is 0.207. The van der Waals surface area contributed by atoms with Crippen LogP contribution in [0.1, 0.15) is 10.4 Å². The van der Waals surface area contributed by atoms with E-state index in [0.717, 1.165) is 11.8 Å². The van der Waals surface area contributed by atoms with Crippen LogP contribution in [0.3, 0.4) is 0 Å². The highest BCUT2D eigenvalue weighted by molar-refractivity contribution is 7.99. The molecular weight excluding hydrogens is 450 g/mol. The number of benzene rings is 3. The van der Waals surface area contributed by atoms with Gasteiger partial charge in [-0.2, -0.15) is 8.78 Å². The van der Waals surface area contributed by atoms with Crippen LogP contribution in [0.15, 0.2) is 82.7 Å². The van der Waals surface area contributed by atoms with Gasteiger partial charge in [0.1, 0.15) is 11.5 Å². The number of thioether (sulfide) groups is 1. The van der Waals surface area contributed by atoms with Crippen LogP contribution in [0, 0.1) is 0 Å². The monoisotopic (exact) mass is 468 g/mol. The summed E-state index contributed by atoms with van der Waals surface area (Å²) in [5, 5.41) is 0.708. The number of carbonyl (C=O) groups is 1. The van der Waals surface area contributed by atoms with Crippen molar-refractivity contribution in [3.63, 3.8) is 0 Å². The van der Waals surface area contributed by atoms with E-state index in [4.69, 9.17) is 4.74 Å². The van der Waals surface area contributed by atoms with Crippen LogP contribution < -0.4 is 15.0 Å². The predicted molar refractivity (Wildman–Crippen MR) is 122 cm³/mol. The third-order valence-electron chi connectivity index (χ3n) is 4.81. The van der Waals surface area contributed by atoms with Crippen molar-refractivity contribution in [3.05, 3.63) is 88.7 Å². The van der Waals surface area contributed by atoms with Crippen LogP contribution in [0.25, 0.3) is 16.6 Å².